The fraction of sp³-hybridized carbons (Fsp3) is 0.296. The maximum atomic E-state index is 13.9. The molecule has 182 valence electrons. The summed E-state index contributed by atoms with van der Waals surface area (Å²) in [4.78, 5) is 18.3. The number of ether oxygens (including phenoxy) is 2. The van der Waals surface area contributed by atoms with Gasteiger partial charge in [0.15, 0.2) is 0 Å². The van der Waals surface area contributed by atoms with Crippen LogP contribution in [0.2, 0.25) is 0 Å². The highest BCUT2D eigenvalue weighted by Crippen LogP contribution is 2.33. The van der Waals surface area contributed by atoms with Crippen molar-refractivity contribution in [1.82, 2.24) is 19.3 Å². The van der Waals surface area contributed by atoms with Crippen molar-refractivity contribution >= 4 is 0 Å². The summed E-state index contributed by atoms with van der Waals surface area (Å²) in [5.74, 6) is 1.15. The Balaban J connectivity index is 1.82. The third-order valence-electron chi connectivity index (χ3n) is 5.92. The molecule has 0 radical (unpaired) electrons. The van der Waals surface area contributed by atoms with E-state index in [1.807, 2.05) is 37.4 Å². The normalized spacial score (nSPS) is 11.0. The summed E-state index contributed by atoms with van der Waals surface area (Å²) >= 11 is 0. The number of methoxy groups -OCH3 is 2. The van der Waals surface area contributed by atoms with E-state index in [9.17, 15) is 9.90 Å². The average Bonchev–Trinajstić information content (AvgIpc) is 3.34. The molecule has 0 spiro atoms. The fourth-order valence-electron chi connectivity index (χ4n) is 4.02. The Labute approximate surface area is 204 Å². The van der Waals surface area contributed by atoms with Crippen LogP contribution in [0, 0.1) is 6.92 Å². The maximum Gasteiger partial charge on any atom is 0.265 e. The fourth-order valence-corrected chi connectivity index (χ4v) is 4.02. The van der Waals surface area contributed by atoms with Gasteiger partial charge in [-0.05, 0) is 43.2 Å². The van der Waals surface area contributed by atoms with Crippen LogP contribution < -0.4 is 15.0 Å². The summed E-state index contributed by atoms with van der Waals surface area (Å²) in [7, 11) is 3.09. The van der Waals surface area contributed by atoms with Crippen LogP contribution in [0.1, 0.15) is 42.3 Å². The molecule has 0 aliphatic heterocycles. The third-order valence-corrected chi connectivity index (χ3v) is 5.92. The average molecular weight is 475 g/mol. The zero-order valence-corrected chi connectivity index (χ0v) is 20.5. The van der Waals surface area contributed by atoms with E-state index in [1.54, 1.807) is 43.3 Å². The molecule has 0 aliphatic rings. The second kappa shape index (κ2) is 10.5. The highest BCUT2D eigenvalue weighted by Gasteiger charge is 2.23. The molecule has 0 saturated heterocycles. The Morgan fingerprint density at radius 1 is 1.03 bits per heavy atom. The molecule has 8 nitrogen and oxygen atoms in total. The van der Waals surface area contributed by atoms with Gasteiger partial charge in [-0.1, -0.05) is 37.1 Å². The predicted molar refractivity (Wildman–Crippen MR) is 134 cm³/mol. The molecule has 35 heavy (non-hydrogen) atoms. The molecule has 2 aromatic carbocycles. The van der Waals surface area contributed by atoms with E-state index in [0.29, 0.717) is 29.4 Å². The molecule has 8 heteroatoms. The minimum atomic E-state index is -0.366. The lowest BCUT2D eigenvalue weighted by atomic mass is 10.1. The highest BCUT2D eigenvalue weighted by atomic mass is 16.5. The van der Waals surface area contributed by atoms with Crippen molar-refractivity contribution in [3.8, 4) is 28.8 Å². The minimum Gasteiger partial charge on any atom is -0.494 e. The lowest BCUT2D eigenvalue weighted by Crippen LogP contribution is -2.28. The van der Waals surface area contributed by atoms with Crippen molar-refractivity contribution in [2.24, 2.45) is 0 Å². The van der Waals surface area contributed by atoms with Gasteiger partial charge in [0, 0.05) is 19.0 Å². The van der Waals surface area contributed by atoms with Gasteiger partial charge in [-0.25, -0.2) is 4.68 Å². The van der Waals surface area contributed by atoms with Crippen LogP contribution in [-0.2, 0) is 12.8 Å². The molecular formula is C27H30N4O4. The topological polar surface area (TPSA) is 91.4 Å². The van der Waals surface area contributed by atoms with Crippen LogP contribution in [0.4, 0.5) is 0 Å². The lowest BCUT2D eigenvalue weighted by Gasteiger charge is -2.19. The Morgan fingerprint density at radius 3 is 2.34 bits per heavy atom. The standard InChI is InChI=1S/C27H30N4O4/c1-5-6-10-24-29-26(32)21(15-19-16-28-30(17-19)20-13-11-18(2)12-14-20)27(33)31(24)25-22(34-3)8-7-9-23(25)35-4/h7-9,11-14,16-17,32H,5-6,10,15H2,1-4H3. The zero-order chi connectivity index (χ0) is 24.9. The van der Waals surface area contributed by atoms with E-state index >= 15 is 0 Å². The van der Waals surface area contributed by atoms with E-state index < -0.39 is 0 Å². The first-order valence-corrected chi connectivity index (χ1v) is 11.6. The van der Waals surface area contributed by atoms with Crippen molar-refractivity contribution < 1.29 is 14.6 Å². The number of aryl methyl sites for hydroxylation is 2. The summed E-state index contributed by atoms with van der Waals surface area (Å²) in [5, 5.41) is 15.2. The molecule has 0 aliphatic carbocycles. The van der Waals surface area contributed by atoms with E-state index in [2.05, 4.69) is 17.0 Å². The van der Waals surface area contributed by atoms with Crippen LogP contribution >= 0.6 is 0 Å². The number of aromatic nitrogens is 4. The summed E-state index contributed by atoms with van der Waals surface area (Å²) in [6.07, 6.45) is 5.97. The van der Waals surface area contributed by atoms with E-state index in [4.69, 9.17) is 9.47 Å². The number of hydrogen-bond donors (Lipinski definition) is 1. The van der Waals surface area contributed by atoms with Gasteiger partial charge >= 0.3 is 0 Å². The Morgan fingerprint density at radius 2 is 1.71 bits per heavy atom. The smallest absolute Gasteiger partial charge is 0.265 e. The second-order valence-corrected chi connectivity index (χ2v) is 8.39. The first-order chi connectivity index (χ1) is 17.0. The molecule has 0 saturated carbocycles. The number of unbranched alkanes of at least 4 members (excludes halogenated alkanes) is 1. The second-order valence-electron chi connectivity index (χ2n) is 8.39. The third kappa shape index (κ3) is 4.91. The number of benzene rings is 2. The van der Waals surface area contributed by atoms with Crippen molar-refractivity contribution in [1.29, 1.82) is 0 Å². The molecule has 4 rings (SSSR count). The van der Waals surface area contributed by atoms with Gasteiger partial charge in [0.2, 0.25) is 5.88 Å². The summed E-state index contributed by atoms with van der Waals surface area (Å²) in [6.45, 7) is 4.09. The van der Waals surface area contributed by atoms with Crippen LogP contribution in [0.25, 0.3) is 11.4 Å². The molecule has 1 N–H and O–H groups in total. The Bertz CT molecular complexity index is 1350. The first kappa shape index (κ1) is 24.1. The van der Waals surface area contributed by atoms with Gasteiger partial charge in [0.05, 0.1) is 31.7 Å². The Hall–Kier alpha value is -4.07. The van der Waals surface area contributed by atoms with Gasteiger partial charge in [0.1, 0.15) is 23.0 Å². The highest BCUT2D eigenvalue weighted by molar-refractivity contribution is 5.58. The monoisotopic (exact) mass is 474 g/mol. The van der Waals surface area contributed by atoms with Gasteiger partial charge in [-0.15, -0.1) is 0 Å². The van der Waals surface area contributed by atoms with E-state index in [-0.39, 0.29) is 23.4 Å². The van der Waals surface area contributed by atoms with Crippen molar-refractivity contribution in [3.05, 3.63) is 87.7 Å². The molecule has 4 aromatic rings. The van der Waals surface area contributed by atoms with Crippen molar-refractivity contribution in [3.63, 3.8) is 0 Å². The molecular weight excluding hydrogens is 444 g/mol. The first-order valence-electron chi connectivity index (χ1n) is 11.6. The van der Waals surface area contributed by atoms with Crippen LogP contribution in [0.15, 0.2) is 59.7 Å². The SMILES string of the molecule is CCCCc1nc(O)c(Cc2cnn(-c3ccc(C)cc3)c2)c(=O)n1-c1c(OC)cccc1OC. The van der Waals surface area contributed by atoms with E-state index in [0.717, 1.165) is 29.7 Å². The summed E-state index contributed by atoms with van der Waals surface area (Å²) in [6, 6.07) is 13.3. The van der Waals surface area contributed by atoms with Crippen molar-refractivity contribution in [2.75, 3.05) is 14.2 Å². The van der Waals surface area contributed by atoms with Crippen LogP contribution in [0.5, 0.6) is 17.4 Å². The molecule has 2 heterocycles. The van der Waals surface area contributed by atoms with Crippen LogP contribution in [-0.4, -0.2) is 38.7 Å². The Kier molecular flexibility index (Phi) is 7.19. The van der Waals surface area contributed by atoms with Crippen molar-refractivity contribution in [2.45, 2.75) is 39.5 Å². The largest absolute Gasteiger partial charge is 0.494 e. The molecule has 0 amide bonds. The summed E-state index contributed by atoms with van der Waals surface area (Å²) in [5.41, 5.74) is 3.14. The van der Waals surface area contributed by atoms with Gasteiger partial charge < -0.3 is 14.6 Å². The van der Waals surface area contributed by atoms with E-state index in [1.165, 1.54) is 4.57 Å². The minimum absolute atomic E-state index is 0.176. The lowest BCUT2D eigenvalue weighted by molar-refractivity contribution is 0.387. The number of para-hydroxylation sites is 1. The molecule has 0 bridgehead atoms. The summed E-state index contributed by atoms with van der Waals surface area (Å²) < 4.78 is 14.4. The quantitative estimate of drug-likeness (QED) is 0.387. The number of nitrogens with zero attached hydrogens (tertiary/aromatic N) is 4. The number of hydrogen-bond acceptors (Lipinski definition) is 6. The maximum absolute atomic E-state index is 13.9. The van der Waals surface area contributed by atoms with Crippen LogP contribution in [0.3, 0.4) is 0 Å². The number of rotatable bonds is 9. The molecule has 0 fully saturated rings. The zero-order valence-electron chi connectivity index (χ0n) is 20.5. The molecule has 0 atom stereocenters. The van der Waals surface area contributed by atoms with Gasteiger partial charge in [-0.2, -0.15) is 10.1 Å². The van der Waals surface area contributed by atoms with Gasteiger partial charge in [-0.3, -0.25) is 9.36 Å². The molecule has 0 unspecified atom stereocenters. The molecule has 2 aromatic heterocycles. The number of aromatic hydroxyl groups is 1. The van der Waals surface area contributed by atoms with Gasteiger partial charge in [0.25, 0.3) is 5.56 Å². The predicted octanol–water partition coefficient (Wildman–Crippen LogP) is 4.38.